The van der Waals surface area contributed by atoms with Crippen LogP contribution in [-0.4, -0.2) is 74.7 Å². The summed E-state index contributed by atoms with van der Waals surface area (Å²) in [6, 6.07) is 7.51. The molecule has 0 saturated carbocycles. The average Bonchev–Trinajstić information content (AvgIpc) is 3.13. The van der Waals surface area contributed by atoms with E-state index < -0.39 is 23.4 Å². The third-order valence-corrected chi connectivity index (χ3v) is 5.23. The molecule has 0 bridgehead atoms. The van der Waals surface area contributed by atoms with Gasteiger partial charge in [-0.25, -0.2) is 19.6 Å². The molecule has 0 fully saturated rings. The minimum atomic E-state index is -1.02. The van der Waals surface area contributed by atoms with Gasteiger partial charge in [0, 0.05) is 19.0 Å². The van der Waals surface area contributed by atoms with Crippen LogP contribution >= 0.6 is 0 Å². The number of rotatable bonds is 9. The van der Waals surface area contributed by atoms with E-state index >= 15 is 0 Å². The Labute approximate surface area is 216 Å². The topological polar surface area (TPSA) is 128 Å². The van der Waals surface area contributed by atoms with Crippen molar-refractivity contribution >= 4 is 39.9 Å². The minimum Gasteiger partial charge on any atom is -0.447 e. The van der Waals surface area contributed by atoms with Gasteiger partial charge < -0.3 is 28.8 Å². The summed E-state index contributed by atoms with van der Waals surface area (Å²) in [5.74, 6) is 0.832. The van der Waals surface area contributed by atoms with Gasteiger partial charge in [-0.2, -0.15) is 0 Å². The standard InChI is InChI=1S/C26H37N5O6/c1-8-35-15-19-28-20-21(31(19)16-26(5,6)34)17-11-9-10-12-18(17)27-22(20)29-23(32)36-14-13-30(7)24(33)37-25(2,3)4/h9-12,34H,8,13-16H2,1-7H3,(H,27,29,32). The lowest BCUT2D eigenvalue weighted by molar-refractivity contribution is 0.0264. The molecule has 0 aliphatic rings. The molecule has 0 radical (unpaired) electrons. The first-order valence-corrected chi connectivity index (χ1v) is 12.2. The number of carbonyl (C=O) groups excluding carboxylic acids is 2. The quantitative estimate of drug-likeness (QED) is 0.432. The van der Waals surface area contributed by atoms with Gasteiger partial charge in [-0.1, -0.05) is 18.2 Å². The molecule has 2 heterocycles. The summed E-state index contributed by atoms with van der Waals surface area (Å²) in [5, 5.41) is 14.1. The summed E-state index contributed by atoms with van der Waals surface area (Å²) in [6.07, 6.45) is -1.24. The highest BCUT2D eigenvalue weighted by molar-refractivity contribution is 6.09. The fraction of sp³-hybridized carbons (Fsp3) is 0.538. The number of ether oxygens (including phenoxy) is 3. The zero-order valence-corrected chi connectivity index (χ0v) is 22.6. The molecular weight excluding hydrogens is 478 g/mol. The van der Waals surface area contributed by atoms with Crippen LogP contribution in [0, 0.1) is 0 Å². The van der Waals surface area contributed by atoms with Gasteiger partial charge in [0.25, 0.3) is 0 Å². The van der Waals surface area contributed by atoms with Gasteiger partial charge in [0.2, 0.25) is 0 Å². The summed E-state index contributed by atoms with van der Waals surface area (Å²) in [5.41, 5.74) is 0.190. The van der Waals surface area contributed by atoms with E-state index in [1.807, 2.05) is 35.8 Å². The number of aromatic nitrogens is 3. The monoisotopic (exact) mass is 515 g/mol. The lowest BCUT2D eigenvalue weighted by Crippen LogP contribution is -2.36. The van der Waals surface area contributed by atoms with E-state index in [2.05, 4.69) is 10.3 Å². The molecule has 11 heteroatoms. The van der Waals surface area contributed by atoms with E-state index in [1.165, 1.54) is 4.90 Å². The molecule has 1 aromatic carbocycles. The Bertz CT molecular complexity index is 1260. The summed E-state index contributed by atoms with van der Waals surface area (Å²) >= 11 is 0. The van der Waals surface area contributed by atoms with Crippen molar-refractivity contribution in [2.75, 3.05) is 32.1 Å². The van der Waals surface area contributed by atoms with Crippen molar-refractivity contribution in [3.05, 3.63) is 30.1 Å². The molecule has 2 aromatic heterocycles. The third-order valence-electron chi connectivity index (χ3n) is 5.23. The van der Waals surface area contributed by atoms with E-state index in [9.17, 15) is 14.7 Å². The number of hydrogen-bond acceptors (Lipinski definition) is 8. The van der Waals surface area contributed by atoms with Gasteiger partial charge in [0.15, 0.2) is 5.82 Å². The maximum absolute atomic E-state index is 12.7. The number of anilines is 1. The zero-order chi connectivity index (χ0) is 27.4. The van der Waals surface area contributed by atoms with E-state index in [4.69, 9.17) is 19.2 Å². The molecule has 0 aliphatic carbocycles. The first-order valence-electron chi connectivity index (χ1n) is 12.2. The number of benzene rings is 1. The van der Waals surface area contributed by atoms with Crippen molar-refractivity contribution in [3.8, 4) is 0 Å². The van der Waals surface area contributed by atoms with E-state index in [-0.39, 0.29) is 32.1 Å². The first kappa shape index (κ1) is 28.1. The number of carbonyl (C=O) groups is 2. The Hall–Kier alpha value is -3.44. The molecule has 3 rings (SSSR count). The predicted molar refractivity (Wildman–Crippen MR) is 140 cm³/mol. The molecular formula is C26H37N5O6. The Morgan fingerprint density at radius 2 is 1.84 bits per heavy atom. The van der Waals surface area contributed by atoms with Crippen LogP contribution in [0.25, 0.3) is 21.9 Å². The molecule has 2 N–H and O–H groups in total. The first-order chi connectivity index (χ1) is 17.3. The number of hydrogen-bond donors (Lipinski definition) is 2. The summed E-state index contributed by atoms with van der Waals surface area (Å²) in [4.78, 5) is 35.4. The second kappa shape index (κ2) is 11.3. The highest BCUT2D eigenvalue weighted by Gasteiger charge is 2.24. The lowest BCUT2D eigenvalue weighted by Gasteiger charge is -2.24. The van der Waals surface area contributed by atoms with Crippen LogP contribution in [0.1, 0.15) is 47.4 Å². The van der Waals surface area contributed by atoms with Gasteiger partial charge in [-0.15, -0.1) is 0 Å². The molecule has 2 amide bonds. The summed E-state index contributed by atoms with van der Waals surface area (Å²) in [6.45, 7) is 11.8. The van der Waals surface area contributed by atoms with Crippen molar-refractivity contribution < 1.29 is 28.9 Å². The van der Waals surface area contributed by atoms with Gasteiger partial charge >= 0.3 is 12.2 Å². The second-order valence-corrected chi connectivity index (χ2v) is 10.4. The molecule has 0 saturated heterocycles. The SMILES string of the molecule is CCOCc1nc2c(NC(=O)OCCN(C)C(=O)OC(C)(C)C)nc3ccccc3c2n1CC(C)(C)O. The number of likely N-dealkylation sites (N-methyl/N-ethyl adjacent to an activating group) is 1. The number of para-hydroxylation sites is 1. The van der Waals surface area contributed by atoms with Gasteiger partial charge in [-0.05, 0) is 47.6 Å². The second-order valence-electron chi connectivity index (χ2n) is 10.4. The molecule has 202 valence electrons. The van der Waals surface area contributed by atoms with Gasteiger partial charge in [-0.3, -0.25) is 5.32 Å². The largest absolute Gasteiger partial charge is 0.447 e. The number of imidazole rings is 1. The normalized spacial score (nSPS) is 12.1. The molecule has 3 aromatic rings. The molecule has 0 aliphatic heterocycles. The van der Waals surface area contributed by atoms with E-state index in [0.717, 1.165) is 10.9 Å². The van der Waals surface area contributed by atoms with Crippen LogP contribution in [-0.2, 0) is 27.4 Å². The van der Waals surface area contributed by atoms with Crippen LogP contribution in [0.2, 0.25) is 0 Å². The molecule has 0 unspecified atom stereocenters. The van der Waals surface area contributed by atoms with Gasteiger partial charge in [0.05, 0.1) is 29.7 Å². The zero-order valence-electron chi connectivity index (χ0n) is 22.6. The Balaban J connectivity index is 1.87. The van der Waals surface area contributed by atoms with Crippen LogP contribution < -0.4 is 5.32 Å². The number of amides is 2. The number of aliphatic hydroxyl groups is 1. The average molecular weight is 516 g/mol. The van der Waals surface area contributed by atoms with Crippen molar-refractivity contribution in [2.24, 2.45) is 0 Å². The van der Waals surface area contributed by atoms with Crippen LogP contribution in [0.5, 0.6) is 0 Å². The lowest BCUT2D eigenvalue weighted by atomic mass is 10.1. The molecule has 0 atom stereocenters. The molecule has 37 heavy (non-hydrogen) atoms. The Kier molecular flexibility index (Phi) is 8.60. The molecule has 0 spiro atoms. The van der Waals surface area contributed by atoms with E-state index in [0.29, 0.717) is 23.5 Å². The minimum absolute atomic E-state index is 0.0406. The smallest absolute Gasteiger partial charge is 0.412 e. The van der Waals surface area contributed by atoms with Gasteiger partial charge in [0.1, 0.15) is 30.2 Å². The summed E-state index contributed by atoms with van der Waals surface area (Å²) in [7, 11) is 1.57. The Morgan fingerprint density at radius 1 is 1.14 bits per heavy atom. The van der Waals surface area contributed by atoms with Crippen LogP contribution in [0.15, 0.2) is 24.3 Å². The van der Waals surface area contributed by atoms with Crippen molar-refractivity contribution in [1.29, 1.82) is 0 Å². The summed E-state index contributed by atoms with van der Waals surface area (Å²) < 4.78 is 18.1. The fourth-order valence-electron chi connectivity index (χ4n) is 3.67. The molecule has 11 nitrogen and oxygen atoms in total. The number of fused-ring (bicyclic) bond motifs is 3. The number of nitrogens with one attached hydrogen (secondary N) is 1. The van der Waals surface area contributed by atoms with Crippen LogP contribution in [0.4, 0.5) is 15.4 Å². The highest BCUT2D eigenvalue weighted by atomic mass is 16.6. The number of nitrogens with zero attached hydrogens (tertiary/aromatic N) is 4. The maximum atomic E-state index is 12.7. The van der Waals surface area contributed by atoms with E-state index in [1.54, 1.807) is 41.7 Å². The fourth-order valence-corrected chi connectivity index (χ4v) is 3.67. The van der Waals surface area contributed by atoms with Crippen molar-refractivity contribution in [3.63, 3.8) is 0 Å². The Morgan fingerprint density at radius 3 is 2.49 bits per heavy atom. The van der Waals surface area contributed by atoms with Crippen molar-refractivity contribution in [1.82, 2.24) is 19.4 Å². The highest BCUT2D eigenvalue weighted by Crippen LogP contribution is 2.31. The number of pyridine rings is 1. The third kappa shape index (κ3) is 7.53. The van der Waals surface area contributed by atoms with Crippen LogP contribution in [0.3, 0.4) is 0 Å². The van der Waals surface area contributed by atoms with Crippen molar-refractivity contribution in [2.45, 2.75) is 65.9 Å². The maximum Gasteiger partial charge on any atom is 0.412 e. The predicted octanol–water partition coefficient (Wildman–Crippen LogP) is 4.31.